The third-order valence-electron chi connectivity index (χ3n) is 4.55. The van der Waals surface area contributed by atoms with Crippen LogP contribution in [0.4, 0.5) is 14.5 Å². The Bertz CT molecular complexity index is 1340. The van der Waals surface area contributed by atoms with Gasteiger partial charge in [-0.3, -0.25) is 9.59 Å². The molecule has 31 heavy (non-hydrogen) atoms. The van der Waals surface area contributed by atoms with Crippen molar-refractivity contribution in [2.45, 2.75) is 13.8 Å². The molecular weight excluding hydrogens is 404 g/mol. The molecule has 1 amide bonds. The summed E-state index contributed by atoms with van der Waals surface area (Å²) in [5, 5.41) is 10.8. The van der Waals surface area contributed by atoms with Crippen LogP contribution in [0.15, 0.2) is 65.5 Å². The van der Waals surface area contributed by atoms with Crippen molar-refractivity contribution in [2.24, 2.45) is 0 Å². The third kappa shape index (κ3) is 4.11. The van der Waals surface area contributed by atoms with Gasteiger partial charge < -0.3 is 5.32 Å². The molecule has 0 spiro atoms. The van der Waals surface area contributed by atoms with E-state index < -0.39 is 23.1 Å². The van der Waals surface area contributed by atoms with Crippen molar-refractivity contribution in [1.82, 2.24) is 19.6 Å². The zero-order valence-corrected chi connectivity index (χ0v) is 16.6. The van der Waals surface area contributed by atoms with E-state index in [0.717, 1.165) is 16.1 Å². The molecule has 0 aliphatic carbocycles. The molecule has 0 saturated carbocycles. The van der Waals surface area contributed by atoms with E-state index in [0.29, 0.717) is 5.69 Å². The van der Waals surface area contributed by atoms with Gasteiger partial charge in [0.1, 0.15) is 17.2 Å². The van der Waals surface area contributed by atoms with Gasteiger partial charge in [-0.2, -0.15) is 14.9 Å². The Balaban J connectivity index is 1.59. The minimum atomic E-state index is -0.630. The molecule has 156 valence electrons. The highest BCUT2D eigenvalue weighted by Crippen LogP contribution is 2.20. The summed E-state index contributed by atoms with van der Waals surface area (Å²) < 4.78 is 30.3. The molecule has 2 aromatic heterocycles. The summed E-state index contributed by atoms with van der Waals surface area (Å²) in [6, 6.07) is 13.6. The summed E-state index contributed by atoms with van der Waals surface area (Å²) in [6.07, 6.45) is 0. The van der Waals surface area contributed by atoms with Gasteiger partial charge in [0.05, 0.1) is 11.4 Å². The van der Waals surface area contributed by atoms with Gasteiger partial charge in [-0.1, -0.05) is 0 Å². The maximum absolute atomic E-state index is 14.6. The lowest BCUT2D eigenvalue weighted by atomic mass is 10.2. The first-order valence-corrected chi connectivity index (χ1v) is 9.33. The van der Waals surface area contributed by atoms with Crippen molar-refractivity contribution in [2.75, 3.05) is 5.32 Å². The fraction of sp³-hybridized carbons (Fsp3) is 0.0909. The zero-order valence-electron chi connectivity index (χ0n) is 16.6. The minimum absolute atomic E-state index is 0.0630. The van der Waals surface area contributed by atoms with Crippen LogP contribution in [0, 0.1) is 25.5 Å². The summed E-state index contributed by atoms with van der Waals surface area (Å²) in [5.41, 5.74) is 1.77. The number of anilines is 1. The molecule has 0 fully saturated rings. The second kappa shape index (κ2) is 7.94. The average Bonchev–Trinajstić information content (AvgIpc) is 3.07. The van der Waals surface area contributed by atoms with Crippen molar-refractivity contribution >= 4 is 11.6 Å². The Morgan fingerprint density at radius 1 is 0.903 bits per heavy atom. The van der Waals surface area contributed by atoms with Crippen LogP contribution in [0.5, 0.6) is 0 Å². The van der Waals surface area contributed by atoms with E-state index in [1.54, 1.807) is 6.07 Å². The number of nitrogens with one attached hydrogen (secondary N) is 1. The number of carbonyl (C=O) groups excluding carboxylic acids is 1. The van der Waals surface area contributed by atoms with Crippen molar-refractivity contribution in [1.29, 1.82) is 0 Å². The van der Waals surface area contributed by atoms with E-state index in [1.165, 1.54) is 53.2 Å². The molecule has 0 aliphatic rings. The molecule has 0 aliphatic heterocycles. The number of hydrogen-bond acceptors (Lipinski definition) is 4. The maximum atomic E-state index is 14.6. The number of hydrogen-bond donors (Lipinski definition) is 1. The van der Waals surface area contributed by atoms with Crippen LogP contribution in [0.1, 0.15) is 21.9 Å². The Kier molecular flexibility index (Phi) is 5.16. The number of halogens is 2. The minimum Gasteiger partial charge on any atom is -0.320 e. The fourth-order valence-corrected chi connectivity index (χ4v) is 3.12. The van der Waals surface area contributed by atoms with Crippen LogP contribution in [-0.2, 0) is 0 Å². The Hall–Kier alpha value is -4.14. The van der Waals surface area contributed by atoms with Crippen LogP contribution in [0.25, 0.3) is 11.4 Å². The summed E-state index contributed by atoms with van der Waals surface area (Å²) in [6.45, 7) is 3.63. The van der Waals surface area contributed by atoms with E-state index in [4.69, 9.17) is 0 Å². The summed E-state index contributed by atoms with van der Waals surface area (Å²) in [7, 11) is 0. The van der Waals surface area contributed by atoms with E-state index in [9.17, 15) is 18.4 Å². The van der Waals surface area contributed by atoms with Gasteiger partial charge in [0, 0.05) is 17.4 Å². The van der Waals surface area contributed by atoms with Gasteiger partial charge in [-0.15, -0.1) is 0 Å². The Labute approximate surface area is 175 Å². The molecular formula is C22H17F2N5O2. The van der Waals surface area contributed by atoms with Gasteiger partial charge in [0.2, 0.25) is 0 Å². The van der Waals surface area contributed by atoms with E-state index in [2.05, 4.69) is 15.5 Å². The average molecular weight is 421 g/mol. The predicted octanol–water partition coefficient (Wildman–Crippen LogP) is 3.57. The smallest absolute Gasteiger partial charge is 0.276 e. The molecule has 4 aromatic rings. The Morgan fingerprint density at radius 3 is 2.29 bits per heavy atom. The number of benzene rings is 2. The first-order valence-electron chi connectivity index (χ1n) is 9.33. The highest BCUT2D eigenvalue weighted by atomic mass is 19.1. The fourth-order valence-electron chi connectivity index (χ4n) is 3.12. The number of aromatic nitrogens is 4. The molecule has 0 unspecified atom stereocenters. The number of carbonyl (C=O) groups is 1. The molecule has 1 N–H and O–H groups in total. The molecule has 7 nitrogen and oxygen atoms in total. The normalized spacial score (nSPS) is 10.8. The standard InChI is InChI=1S/C22H17F2N5O2/c1-13-11-14(2)28(26-13)20-9-5-16(12-18(20)24)25-22(31)19-8-10-21(30)29(27-19)17-6-3-15(23)4-7-17/h3-12H,1-2H3,(H,25,31). The highest BCUT2D eigenvalue weighted by molar-refractivity contribution is 6.02. The monoisotopic (exact) mass is 421 g/mol. The summed E-state index contributed by atoms with van der Waals surface area (Å²) in [5.74, 6) is -1.65. The number of aryl methyl sites for hydroxylation is 2. The van der Waals surface area contributed by atoms with Gasteiger partial charge in [-0.05, 0) is 68.4 Å². The molecule has 0 radical (unpaired) electrons. The van der Waals surface area contributed by atoms with E-state index in [-0.39, 0.29) is 17.1 Å². The topological polar surface area (TPSA) is 81.8 Å². The molecule has 2 aromatic carbocycles. The second-order valence-corrected chi connectivity index (χ2v) is 6.90. The van der Waals surface area contributed by atoms with Gasteiger partial charge in [-0.25, -0.2) is 13.5 Å². The Morgan fingerprint density at radius 2 is 1.65 bits per heavy atom. The number of amides is 1. The first-order chi connectivity index (χ1) is 14.8. The molecule has 0 bridgehead atoms. The van der Waals surface area contributed by atoms with Crippen LogP contribution in [-0.4, -0.2) is 25.5 Å². The predicted molar refractivity (Wildman–Crippen MR) is 111 cm³/mol. The number of nitrogens with zero attached hydrogens (tertiary/aromatic N) is 4. The van der Waals surface area contributed by atoms with Gasteiger partial charge >= 0.3 is 0 Å². The van der Waals surface area contributed by atoms with Crippen LogP contribution >= 0.6 is 0 Å². The first kappa shape index (κ1) is 20.1. The third-order valence-corrected chi connectivity index (χ3v) is 4.55. The maximum Gasteiger partial charge on any atom is 0.276 e. The molecule has 0 atom stereocenters. The molecule has 4 rings (SSSR count). The van der Waals surface area contributed by atoms with Crippen LogP contribution in [0.2, 0.25) is 0 Å². The molecule has 2 heterocycles. The lowest BCUT2D eigenvalue weighted by Crippen LogP contribution is -2.25. The van der Waals surface area contributed by atoms with Gasteiger partial charge in [0.25, 0.3) is 11.5 Å². The van der Waals surface area contributed by atoms with Crippen molar-refractivity contribution in [3.8, 4) is 11.4 Å². The summed E-state index contributed by atoms with van der Waals surface area (Å²) in [4.78, 5) is 24.7. The highest BCUT2D eigenvalue weighted by Gasteiger charge is 2.14. The molecule has 9 heteroatoms. The lowest BCUT2D eigenvalue weighted by molar-refractivity contribution is 0.102. The zero-order chi connectivity index (χ0) is 22.1. The van der Waals surface area contributed by atoms with Crippen LogP contribution in [0.3, 0.4) is 0 Å². The van der Waals surface area contributed by atoms with E-state index in [1.807, 2.05) is 19.9 Å². The lowest BCUT2D eigenvalue weighted by Gasteiger charge is -2.10. The van der Waals surface area contributed by atoms with Crippen LogP contribution < -0.4 is 10.9 Å². The quantitative estimate of drug-likeness (QED) is 0.546. The van der Waals surface area contributed by atoms with Crippen molar-refractivity contribution < 1.29 is 13.6 Å². The van der Waals surface area contributed by atoms with E-state index >= 15 is 0 Å². The van der Waals surface area contributed by atoms with Gasteiger partial charge in [0.15, 0.2) is 5.82 Å². The number of rotatable bonds is 4. The van der Waals surface area contributed by atoms with Crippen molar-refractivity contribution in [3.63, 3.8) is 0 Å². The largest absolute Gasteiger partial charge is 0.320 e. The second-order valence-electron chi connectivity index (χ2n) is 6.90. The SMILES string of the molecule is Cc1cc(C)n(-c2ccc(NC(=O)c3ccc(=O)n(-c4ccc(F)cc4)n3)cc2F)n1. The van der Waals surface area contributed by atoms with Crippen molar-refractivity contribution in [3.05, 3.63) is 99.7 Å². The summed E-state index contributed by atoms with van der Waals surface area (Å²) >= 11 is 0. The molecule has 0 saturated heterocycles.